The van der Waals surface area contributed by atoms with E-state index in [0.717, 1.165) is 12.0 Å². The van der Waals surface area contributed by atoms with Crippen molar-refractivity contribution in [3.8, 4) is 0 Å². The minimum absolute atomic E-state index is 0.0785. The third-order valence-corrected chi connectivity index (χ3v) is 3.60. The fraction of sp³-hybridized carbons (Fsp3) is 0.474. The average Bonchev–Trinajstić information content (AvgIpc) is 2.56. The molecule has 0 fully saturated rings. The number of benzene rings is 1. The van der Waals surface area contributed by atoms with Crippen molar-refractivity contribution in [2.45, 2.75) is 27.2 Å². The number of nitrogens with zero attached hydrogens (tertiary/aromatic N) is 1. The number of carbonyl (C=O) groups is 2. The molecule has 126 valence electrons. The van der Waals surface area contributed by atoms with Gasteiger partial charge in [-0.1, -0.05) is 51.1 Å². The monoisotopic (exact) mass is 317 g/mol. The van der Waals surface area contributed by atoms with Crippen LogP contribution in [0.15, 0.2) is 36.4 Å². The largest absolute Gasteiger partial charge is 0.469 e. The lowest BCUT2D eigenvalue weighted by Gasteiger charge is -2.24. The second-order valence-corrected chi connectivity index (χ2v) is 6.13. The van der Waals surface area contributed by atoms with E-state index in [1.807, 2.05) is 30.3 Å². The van der Waals surface area contributed by atoms with Crippen molar-refractivity contribution in [1.29, 1.82) is 0 Å². The van der Waals surface area contributed by atoms with Crippen molar-refractivity contribution in [3.63, 3.8) is 0 Å². The van der Waals surface area contributed by atoms with E-state index in [9.17, 15) is 9.59 Å². The van der Waals surface area contributed by atoms with Crippen LogP contribution in [0.1, 0.15) is 32.8 Å². The first-order valence-corrected chi connectivity index (χ1v) is 8.04. The van der Waals surface area contributed by atoms with Gasteiger partial charge in [0.05, 0.1) is 13.0 Å². The molecule has 0 aliphatic rings. The van der Waals surface area contributed by atoms with Crippen molar-refractivity contribution >= 4 is 18.0 Å². The predicted octanol–water partition coefficient (Wildman–Crippen LogP) is 3.38. The highest BCUT2D eigenvalue weighted by Gasteiger charge is 2.20. The van der Waals surface area contributed by atoms with Crippen LogP contribution in [-0.4, -0.2) is 37.0 Å². The Labute approximate surface area is 139 Å². The number of hydrogen-bond donors (Lipinski definition) is 0. The first-order valence-electron chi connectivity index (χ1n) is 8.04. The molecule has 4 nitrogen and oxygen atoms in total. The highest BCUT2D eigenvalue weighted by atomic mass is 16.5. The van der Waals surface area contributed by atoms with E-state index in [1.165, 1.54) is 7.11 Å². The average molecular weight is 317 g/mol. The lowest BCUT2D eigenvalue weighted by atomic mass is 10.1. The third-order valence-electron chi connectivity index (χ3n) is 3.60. The number of esters is 1. The van der Waals surface area contributed by atoms with Crippen LogP contribution in [0, 0.1) is 11.8 Å². The van der Waals surface area contributed by atoms with E-state index in [2.05, 4.69) is 13.8 Å². The molecule has 0 aliphatic heterocycles. The lowest BCUT2D eigenvalue weighted by Crippen LogP contribution is -2.37. The molecule has 1 aromatic rings. The summed E-state index contributed by atoms with van der Waals surface area (Å²) < 4.78 is 4.75. The van der Waals surface area contributed by atoms with Crippen LogP contribution in [0.3, 0.4) is 0 Å². The molecule has 1 amide bonds. The third kappa shape index (κ3) is 7.13. The van der Waals surface area contributed by atoms with Crippen molar-refractivity contribution in [3.05, 3.63) is 42.0 Å². The zero-order chi connectivity index (χ0) is 17.2. The van der Waals surface area contributed by atoms with Gasteiger partial charge in [0.2, 0.25) is 5.91 Å². The molecular formula is C19H27NO3. The topological polar surface area (TPSA) is 46.6 Å². The molecule has 0 aromatic heterocycles. The van der Waals surface area contributed by atoms with Crippen LogP contribution < -0.4 is 0 Å². The molecule has 1 unspecified atom stereocenters. The molecule has 23 heavy (non-hydrogen) atoms. The maximum Gasteiger partial charge on any atom is 0.310 e. The maximum absolute atomic E-state index is 12.5. The maximum atomic E-state index is 12.5. The van der Waals surface area contributed by atoms with Gasteiger partial charge in [-0.15, -0.1) is 0 Å². The van der Waals surface area contributed by atoms with Gasteiger partial charge >= 0.3 is 5.97 Å². The summed E-state index contributed by atoms with van der Waals surface area (Å²) in [7, 11) is 1.37. The molecule has 1 rings (SSSR count). The second kappa shape index (κ2) is 9.82. The number of hydrogen-bond acceptors (Lipinski definition) is 3. The number of amides is 1. The Kier molecular flexibility index (Phi) is 8.09. The van der Waals surface area contributed by atoms with Gasteiger partial charge in [-0.2, -0.15) is 0 Å². The quantitative estimate of drug-likeness (QED) is 0.545. The number of carbonyl (C=O) groups excluding carboxylic acids is 2. The van der Waals surface area contributed by atoms with Crippen molar-refractivity contribution in [2.24, 2.45) is 11.8 Å². The minimum atomic E-state index is -0.332. The Bertz CT molecular complexity index is 523. The normalized spacial score (nSPS) is 12.4. The molecule has 0 saturated carbocycles. The van der Waals surface area contributed by atoms with Gasteiger partial charge in [-0.3, -0.25) is 9.59 Å². The first kappa shape index (κ1) is 18.9. The van der Waals surface area contributed by atoms with Crippen molar-refractivity contribution < 1.29 is 14.3 Å². The molecule has 0 heterocycles. The van der Waals surface area contributed by atoms with Gasteiger partial charge in [0.15, 0.2) is 0 Å². The van der Waals surface area contributed by atoms with Crippen molar-refractivity contribution in [2.75, 3.05) is 20.2 Å². The van der Waals surface area contributed by atoms with E-state index in [4.69, 9.17) is 4.74 Å². The van der Waals surface area contributed by atoms with E-state index >= 15 is 0 Å². The molecule has 0 radical (unpaired) electrons. The van der Waals surface area contributed by atoms with Gasteiger partial charge in [0.1, 0.15) is 0 Å². The molecule has 1 aromatic carbocycles. The molecular weight excluding hydrogens is 290 g/mol. The zero-order valence-corrected chi connectivity index (χ0v) is 14.5. The zero-order valence-electron chi connectivity index (χ0n) is 14.5. The molecule has 4 heteroatoms. The van der Waals surface area contributed by atoms with Crippen LogP contribution >= 0.6 is 0 Å². The van der Waals surface area contributed by atoms with Crippen LogP contribution in [0.4, 0.5) is 0 Å². The Morgan fingerprint density at radius 1 is 1.17 bits per heavy atom. The Balaban J connectivity index is 2.75. The van der Waals surface area contributed by atoms with E-state index in [1.54, 1.807) is 24.0 Å². The summed E-state index contributed by atoms with van der Waals surface area (Å²) in [5.41, 5.74) is 0.977. The summed E-state index contributed by atoms with van der Waals surface area (Å²) >= 11 is 0. The Hall–Kier alpha value is -2.10. The fourth-order valence-electron chi connectivity index (χ4n) is 2.15. The highest BCUT2D eigenvalue weighted by molar-refractivity contribution is 5.92. The first-order chi connectivity index (χ1) is 10.9. The summed E-state index contributed by atoms with van der Waals surface area (Å²) in [5.74, 6) is -0.206. The Morgan fingerprint density at radius 3 is 2.39 bits per heavy atom. The van der Waals surface area contributed by atoms with Gasteiger partial charge in [-0.05, 0) is 24.0 Å². The lowest BCUT2D eigenvalue weighted by molar-refractivity contribution is -0.146. The van der Waals surface area contributed by atoms with Gasteiger partial charge in [0.25, 0.3) is 0 Å². The summed E-state index contributed by atoms with van der Waals surface area (Å²) in [6, 6.07) is 9.69. The van der Waals surface area contributed by atoms with Crippen LogP contribution in [0.25, 0.3) is 6.08 Å². The summed E-state index contributed by atoms with van der Waals surface area (Å²) in [6.45, 7) is 7.02. The van der Waals surface area contributed by atoms with Crippen LogP contribution in [-0.2, 0) is 14.3 Å². The standard InChI is InChI=1S/C19H27NO3/c1-15(2)12-13-20(14-16(3)19(22)23-4)18(21)11-10-17-8-6-5-7-9-17/h5-11,15-16H,12-14H2,1-4H3/b11-10+. The molecule has 0 N–H and O–H groups in total. The SMILES string of the molecule is COC(=O)C(C)CN(CCC(C)C)C(=O)/C=C/c1ccccc1. The molecule has 0 spiro atoms. The van der Waals surface area contributed by atoms with Crippen LogP contribution in [0.2, 0.25) is 0 Å². The predicted molar refractivity (Wildman–Crippen MR) is 92.7 cm³/mol. The van der Waals surface area contributed by atoms with Crippen molar-refractivity contribution in [1.82, 2.24) is 4.90 Å². The minimum Gasteiger partial charge on any atom is -0.469 e. The van der Waals surface area contributed by atoms with E-state index in [-0.39, 0.29) is 17.8 Å². The van der Waals surface area contributed by atoms with Crippen LogP contribution in [0.5, 0.6) is 0 Å². The fourth-order valence-corrected chi connectivity index (χ4v) is 2.15. The highest BCUT2D eigenvalue weighted by Crippen LogP contribution is 2.09. The summed E-state index contributed by atoms with van der Waals surface area (Å²) in [4.78, 5) is 25.8. The molecule has 1 atom stereocenters. The molecule has 0 saturated heterocycles. The molecule has 0 bridgehead atoms. The summed E-state index contributed by atoms with van der Waals surface area (Å²) in [5, 5.41) is 0. The number of methoxy groups -OCH3 is 1. The van der Waals surface area contributed by atoms with E-state index in [0.29, 0.717) is 19.0 Å². The number of ether oxygens (including phenoxy) is 1. The number of rotatable bonds is 8. The smallest absolute Gasteiger partial charge is 0.310 e. The Morgan fingerprint density at radius 2 is 1.83 bits per heavy atom. The summed E-state index contributed by atoms with van der Waals surface area (Å²) in [6.07, 6.45) is 4.27. The van der Waals surface area contributed by atoms with E-state index < -0.39 is 0 Å². The van der Waals surface area contributed by atoms with Gasteiger partial charge in [-0.25, -0.2) is 0 Å². The second-order valence-electron chi connectivity index (χ2n) is 6.13. The van der Waals surface area contributed by atoms with Gasteiger partial charge in [0, 0.05) is 19.2 Å². The van der Waals surface area contributed by atoms with Gasteiger partial charge < -0.3 is 9.64 Å². The molecule has 0 aliphatic carbocycles.